The molecule has 30 heavy (non-hydrogen) atoms. The Kier molecular flexibility index (Phi) is 6.63. The smallest absolute Gasteiger partial charge is 0.255 e. The molecule has 2 heterocycles. The SMILES string of the molecule is C[C@@H](CNC(=O)c1c(Nc2ccc(I)cc2F)n(C)c2ncccc12)OC(C)(C)O. The molecule has 0 bridgehead atoms. The van der Waals surface area contributed by atoms with Gasteiger partial charge in [-0.25, -0.2) is 9.37 Å². The van der Waals surface area contributed by atoms with E-state index in [9.17, 15) is 14.3 Å². The number of hydrogen-bond donors (Lipinski definition) is 3. The number of amides is 1. The monoisotopic (exact) mass is 526 g/mol. The molecule has 0 aliphatic carbocycles. The van der Waals surface area contributed by atoms with Crippen molar-refractivity contribution in [3.63, 3.8) is 0 Å². The first-order valence-corrected chi connectivity index (χ1v) is 10.5. The number of nitrogens with zero attached hydrogens (tertiary/aromatic N) is 2. The molecule has 3 aromatic rings. The van der Waals surface area contributed by atoms with Crippen molar-refractivity contribution < 1.29 is 19.0 Å². The minimum absolute atomic E-state index is 0.191. The number of rotatable bonds is 7. The van der Waals surface area contributed by atoms with Gasteiger partial charge in [-0.3, -0.25) is 4.79 Å². The van der Waals surface area contributed by atoms with E-state index in [1.165, 1.54) is 19.9 Å². The Morgan fingerprint density at radius 2 is 2.13 bits per heavy atom. The Balaban J connectivity index is 1.94. The first-order valence-electron chi connectivity index (χ1n) is 9.40. The summed E-state index contributed by atoms with van der Waals surface area (Å²) in [5.74, 6) is -1.65. The van der Waals surface area contributed by atoms with Crippen molar-refractivity contribution >= 4 is 51.0 Å². The molecule has 3 rings (SSSR count). The average Bonchev–Trinajstić information content (AvgIpc) is 2.93. The maximum Gasteiger partial charge on any atom is 0.255 e. The van der Waals surface area contributed by atoms with Crippen molar-refractivity contribution in [1.82, 2.24) is 14.9 Å². The van der Waals surface area contributed by atoms with Crippen LogP contribution in [0.25, 0.3) is 11.0 Å². The number of carbonyl (C=O) groups is 1. The number of nitrogens with one attached hydrogen (secondary N) is 2. The summed E-state index contributed by atoms with van der Waals surface area (Å²) in [5.41, 5.74) is 1.21. The Hall–Kier alpha value is -2.24. The van der Waals surface area contributed by atoms with Crippen LogP contribution in [0.15, 0.2) is 36.5 Å². The predicted molar refractivity (Wildman–Crippen MR) is 122 cm³/mol. The van der Waals surface area contributed by atoms with Gasteiger partial charge in [-0.05, 0) is 73.7 Å². The van der Waals surface area contributed by atoms with Crippen LogP contribution in [0.3, 0.4) is 0 Å². The molecule has 0 aliphatic rings. The maximum atomic E-state index is 14.4. The van der Waals surface area contributed by atoms with Gasteiger partial charge in [-0.2, -0.15) is 0 Å². The lowest BCUT2D eigenvalue weighted by Crippen LogP contribution is -2.37. The van der Waals surface area contributed by atoms with E-state index in [0.29, 0.717) is 22.4 Å². The summed E-state index contributed by atoms with van der Waals surface area (Å²) in [6.07, 6.45) is 1.23. The van der Waals surface area contributed by atoms with Gasteiger partial charge in [0, 0.05) is 28.7 Å². The second kappa shape index (κ2) is 8.86. The lowest BCUT2D eigenvalue weighted by Gasteiger charge is -2.24. The summed E-state index contributed by atoms with van der Waals surface area (Å²) in [6.45, 7) is 5.00. The van der Waals surface area contributed by atoms with Crippen LogP contribution < -0.4 is 10.6 Å². The summed E-state index contributed by atoms with van der Waals surface area (Å²) in [6, 6.07) is 8.36. The van der Waals surface area contributed by atoms with Crippen molar-refractivity contribution in [2.75, 3.05) is 11.9 Å². The number of aromatic nitrogens is 2. The number of anilines is 2. The topological polar surface area (TPSA) is 88.4 Å². The van der Waals surface area contributed by atoms with E-state index in [2.05, 4.69) is 15.6 Å². The number of aryl methyl sites for hydroxylation is 1. The molecule has 3 N–H and O–H groups in total. The Morgan fingerprint density at radius 3 is 2.80 bits per heavy atom. The number of hydrogen-bond acceptors (Lipinski definition) is 5. The predicted octanol–water partition coefficient (Wildman–Crippen LogP) is 3.92. The second-order valence-corrected chi connectivity index (χ2v) is 8.74. The fourth-order valence-electron chi connectivity index (χ4n) is 3.21. The molecule has 1 atom stereocenters. The Bertz CT molecular complexity index is 1080. The third kappa shape index (κ3) is 5.08. The van der Waals surface area contributed by atoms with Crippen LogP contribution in [-0.4, -0.2) is 39.0 Å². The van der Waals surface area contributed by atoms with Crippen LogP contribution in [0.1, 0.15) is 31.1 Å². The second-order valence-electron chi connectivity index (χ2n) is 7.49. The fourth-order valence-corrected chi connectivity index (χ4v) is 3.67. The van der Waals surface area contributed by atoms with E-state index in [1.54, 1.807) is 49.0 Å². The molecule has 9 heteroatoms. The molecule has 1 amide bonds. The molecule has 0 saturated heterocycles. The molecule has 1 aromatic carbocycles. The van der Waals surface area contributed by atoms with Crippen molar-refractivity contribution in [3.05, 3.63) is 51.5 Å². The first-order chi connectivity index (χ1) is 14.1. The van der Waals surface area contributed by atoms with Crippen LogP contribution >= 0.6 is 22.6 Å². The van der Waals surface area contributed by atoms with E-state index >= 15 is 0 Å². The molecule has 160 valence electrons. The molecular formula is C21H24FIN4O3. The number of ether oxygens (including phenoxy) is 1. The number of halogens is 2. The van der Waals surface area contributed by atoms with Gasteiger partial charge in [-0.15, -0.1) is 0 Å². The van der Waals surface area contributed by atoms with Gasteiger partial charge >= 0.3 is 0 Å². The first kappa shape index (κ1) is 22.4. The molecule has 2 aromatic heterocycles. The Labute approximate surface area is 187 Å². The fraction of sp³-hybridized carbons (Fsp3) is 0.333. The van der Waals surface area contributed by atoms with E-state index in [4.69, 9.17) is 4.74 Å². The summed E-state index contributed by atoms with van der Waals surface area (Å²) in [7, 11) is 1.76. The third-order valence-corrected chi connectivity index (χ3v) is 5.07. The lowest BCUT2D eigenvalue weighted by atomic mass is 10.2. The largest absolute Gasteiger partial charge is 0.366 e. The molecule has 0 saturated carbocycles. The van der Waals surface area contributed by atoms with E-state index in [0.717, 1.165) is 3.57 Å². The maximum absolute atomic E-state index is 14.4. The van der Waals surface area contributed by atoms with E-state index < -0.39 is 17.7 Å². The molecule has 0 radical (unpaired) electrons. The van der Waals surface area contributed by atoms with Crippen molar-refractivity contribution in [2.45, 2.75) is 32.7 Å². The van der Waals surface area contributed by atoms with Crippen molar-refractivity contribution in [1.29, 1.82) is 0 Å². The van der Waals surface area contributed by atoms with Gasteiger partial charge in [0.25, 0.3) is 5.91 Å². The number of fused-ring (bicyclic) bond motifs is 1. The lowest BCUT2D eigenvalue weighted by molar-refractivity contribution is -0.199. The number of aliphatic hydroxyl groups is 1. The highest BCUT2D eigenvalue weighted by Gasteiger charge is 2.24. The quantitative estimate of drug-likeness (QED) is 0.321. The number of carbonyl (C=O) groups excluding carboxylic acids is 1. The minimum atomic E-state index is -1.30. The zero-order valence-corrected chi connectivity index (χ0v) is 19.3. The van der Waals surface area contributed by atoms with Crippen LogP contribution in [0.5, 0.6) is 0 Å². The number of benzene rings is 1. The van der Waals surface area contributed by atoms with Gasteiger partial charge in [0.15, 0.2) is 5.79 Å². The standard InChI is InChI=1S/C21H24FIN4O3/c1-12(30-21(2,3)29)11-25-20(28)17-14-6-5-9-24-18(14)27(4)19(17)26-16-8-7-13(23)10-15(16)22/h5-10,12,26,29H,11H2,1-4H3,(H,25,28)/t12-/m0/s1. The van der Waals surface area contributed by atoms with Gasteiger partial charge < -0.3 is 25.0 Å². The zero-order valence-electron chi connectivity index (χ0n) is 17.2. The highest BCUT2D eigenvalue weighted by molar-refractivity contribution is 14.1. The van der Waals surface area contributed by atoms with Crippen molar-refractivity contribution in [3.8, 4) is 0 Å². The summed E-state index contributed by atoms with van der Waals surface area (Å²) < 4.78 is 22.4. The summed E-state index contributed by atoms with van der Waals surface area (Å²) in [5, 5.41) is 16.3. The average molecular weight is 526 g/mol. The third-order valence-electron chi connectivity index (χ3n) is 4.40. The van der Waals surface area contributed by atoms with E-state index in [-0.39, 0.29) is 18.1 Å². The number of pyridine rings is 1. The van der Waals surface area contributed by atoms with E-state index in [1.807, 2.05) is 22.6 Å². The van der Waals surface area contributed by atoms with Crippen molar-refractivity contribution in [2.24, 2.45) is 7.05 Å². The summed E-state index contributed by atoms with van der Waals surface area (Å²) >= 11 is 2.04. The Morgan fingerprint density at radius 1 is 1.40 bits per heavy atom. The van der Waals surface area contributed by atoms with Crippen LogP contribution in [-0.2, 0) is 11.8 Å². The molecular weight excluding hydrogens is 502 g/mol. The van der Waals surface area contributed by atoms with Crippen LogP contribution in [0.4, 0.5) is 15.9 Å². The van der Waals surface area contributed by atoms with Gasteiger partial charge in [-0.1, -0.05) is 0 Å². The van der Waals surface area contributed by atoms with Crippen LogP contribution in [0, 0.1) is 9.39 Å². The molecule has 7 nitrogen and oxygen atoms in total. The molecule has 0 spiro atoms. The van der Waals surface area contributed by atoms with Gasteiger partial charge in [0.05, 0.1) is 17.4 Å². The molecule has 0 aliphatic heterocycles. The van der Waals surface area contributed by atoms with Crippen LogP contribution in [0.2, 0.25) is 0 Å². The van der Waals surface area contributed by atoms with Gasteiger partial charge in [0.1, 0.15) is 17.3 Å². The highest BCUT2D eigenvalue weighted by atomic mass is 127. The zero-order chi connectivity index (χ0) is 22.1. The highest BCUT2D eigenvalue weighted by Crippen LogP contribution is 2.31. The normalized spacial score (nSPS) is 12.8. The van der Waals surface area contributed by atoms with Gasteiger partial charge in [0.2, 0.25) is 0 Å². The minimum Gasteiger partial charge on any atom is -0.366 e. The summed E-state index contributed by atoms with van der Waals surface area (Å²) in [4.78, 5) is 17.4. The molecule has 0 unspecified atom stereocenters. The molecule has 0 fully saturated rings.